The van der Waals surface area contributed by atoms with Gasteiger partial charge in [0.1, 0.15) is 0 Å². The molecule has 0 aliphatic rings. The third-order valence-electron chi connectivity index (χ3n) is 3.20. The van der Waals surface area contributed by atoms with E-state index in [1.807, 2.05) is 30.0 Å². The largest absolute Gasteiger partial charge is 0.398 e. The van der Waals surface area contributed by atoms with Crippen LogP contribution in [0.25, 0.3) is 0 Å². The Morgan fingerprint density at radius 3 is 2.83 bits per heavy atom. The number of hydrogen-bond acceptors (Lipinski definition) is 4. The number of hydrogen-bond donors (Lipinski definition) is 1. The normalized spacial score (nSPS) is 11.9. The van der Waals surface area contributed by atoms with Crippen molar-refractivity contribution in [2.75, 3.05) is 29.7 Å². The molecule has 0 heterocycles. The minimum absolute atomic E-state index is 0.368. The molecule has 0 radical (unpaired) electrons. The van der Waals surface area contributed by atoms with Gasteiger partial charge in [0.2, 0.25) is 0 Å². The summed E-state index contributed by atoms with van der Waals surface area (Å²) in [5.41, 5.74) is 8.60. The van der Waals surface area contributed by atoms with Gasteiger partial charge in [-0.2, -0.15) is 17.0 Å². The summed E-state index contributed by atoms with van der Waals surface area (Å²) in [7, 11) is 2.09. The summed E-state index contributed by atoms with van der Waals surface area (Å²) in [4.78, 5) is 2.25. The Morgan fingerprint density at radius 1 is 1.50 bits per heavy atom. The number of benzene rings is 1. The van der Waals surface area contributed by atoms with Crippen LogP contribution in [0.1, 0.15) is 18.9 Å². The van der Waals surface area contributed by atoms with Crippen LogP contribution >= 0.6 is 11.8 Å². The smallest absolute Gasteiger partial charge is 0.0670 e. The topological polar surface area (TPSA) is 53.0 Å². The van der Waals surface area contributed by atoms with Crippen molar-refractivity contribution in [1.82, 2.24) is 0 Å². The second kappa shape index (κ2) is 7.17. The highest BCUT2D eigenvalue weighted by Crippen LogP contribution is 2.23. The van der Waals surface area contributed by atoms with Crippen LogP contribution in [0.4, 0.5) is 11.4 Å². The molecule has 0 spiro atoms. The molecule has 0 saturated carbocycles. The molecule has 1 aromatic rings. The second-order valence-electron chi connectivity index (χ2n) is 4.46. The average Bonchev–Trinajstić information content (AvgIpc) is 2.38. The predicted octanol–water partition coefficient (Wildman–Crippen LogP) is 2.91. The van der Waals surface area contributed by atoms with E-state index in [1.54, 1.807) is 0 Å². The van der Waals surface area contributed by atoms with Crippen molar-refractivity contribution in [3.8, 4) is 6.07 Å². The second-order valence-corrected chi connectivity index (χ2v) is 5.45. The van der Waals surface area contributed by atoms with E-state index in [1.165, 1.54) is 0 Å². The van der Waals surface area contributed by atoms with Crippen molar-refractivity contribution >= 4 is 23.1 Å². The first kappa shape index (κ1) is 14.7. The van der Waals surface area contributed by atoms with E-state index < -0.39 is 0 Å². The fraction of sp³-hybridized carbons (Fsp3) is 0.500. The number of nitriles is 1. The number of nitrogens with two attached hydrogens (primary N) is 1. The van der Waals surface area contributed by atoms with Gasteiger partial charge in [0.25, 0.3) is 0 Å². The molecule has 0 bridgehead atoms. The van der Waals surface area contributed by atoms with Crippen LogP contribution in [-0.4, -0.2) is 25.1 Å². The summed E-state index contributed by atoms with van der Waals surface area (Å²) in [6.07, 6.45) is 3.64. The quantitative estimate of drug-likeness (QED) is 0.802. The summed E-state index contributed by atoms with van der Waals surface area (Å²) < 4.78 is 0. The SMILES string of the molecule is CSCCC(C)N(C)c1ccc(N)c(CC#N)c1. The molecular formula is C14H21N3S. The molecule has 0 fully saturated rings. The standard InChI is InChI=1S/C14H21N3S/c1-11(7-9-18-3)17(2)13-4-5-14(16)12(10-13)6-8-15/h4-5,10-11H,6-7,9,16H2,1-3H3. The highest BCUT2D eigenvalue weighted by atomic mass is 32.2. The van der Waals surface area contributed by atoms with Gasteiger partial charge in [0.15, 0.2) is 0 Å². The fourth-order valence-corrected chi connectivity index (χ4v) is 2.36. The molecule has 0 aliphatic carbocycles. The molecule has 18 heavy (non-hydrogen) atoms. The molecule has 1 rings (SSSR count). The number of rotatable bonds is 6. The molecule has 98 valence electrons. The van der Waals surface area contributed by atoms with Crippen molar-refractivity contribution in [3.05, 3.63) is 23.8 Å². The van der Waals surface area contributed by atoms with E-state index in [9.17, 15) is 0 Å². The van der Waals surface area contributed by atoms with E-state index >= 15 is 0 Å². The molecule has 0 aliphatic heterocycles. The van der Waals surface area contributed by atoms with Crippen LogP contribution < -0.4 is 10.6 Å². The maximum Gasteiger partial charge on any atom is 0.0670 e. The lowest BCUT2D eigenvalue weighted by atomic mass is 10.1. The van der Waals surface area contributed by atoms with Gasteiger partial charge in [0, 0.05) is 24.5 Å². The summed E-state index contributed by atoms with van der Waals surface area (Å²) in [5, 5.41) is 8.78. The molecule has 4 heteroatoms. The van der Waals surface area contributed by atoms with Gasteiger partial charge in [-0.05, 0) is 49.1 Å². The molecule has 0 amide bonds. The first-order valence-electron chi connectivity index (χ1n) is 6.07. The maximum absolute atomic E-state index is 8.78. The van der Waals surface area contributed by atoms with Gasteiger partial charge < -0.3 is 10.6 Å². The van der Waals surface area contributed by atoms with Crippen LogP contribution in [0, 0.1) is 11.3 Å². The summed E-state index contributed by atoms with van der Waals surface area (Å²) in [6.45, 7) is 2.22. The Balaban J connectivity index is 2.82. The van der Waals surface area contributed by atoms with Gasteiger partial charge in [0.05, 0.1) is 12.5 Å². The fourth-order valence-electron chi connectivity index (χ4n) is 1.79. The third kappa shape index (κ3) is 3.85. The van der Waals surface area contributed by atoms with Gasteiger partial charge in [-0.15, -0.1) is 0 Å². The first-order chi connectivity index (χ1) is 8.60. The van der Waals surface area contributed by atoms with Crippen molar-refractivity contribution < 1.29 is 0 Å². The molecule has 1 unspecified atom stereocenters. The number of thioether (sulfide) groups is 1. The van der Waals surface area contributed by atoms with E-state index in [0.717, 1.165) is 23.4 Å². The summed E-state index contributed by atoms with van der Waals surface area (Å²) in [6, 6.07) is 8.57. The molecular weight excluding hydrogens is 242 g/mol. The number of anilines is 2. The lowest BCUT2D eigenvalue weighted by Crippen LogP contribution is -2.29. The zero-order valence-electron chi connectivity index (χ0n) is 11.3. The average molecular weight is 263 g/mol. The van der Waals surface area contributed by atoms with E-state index in [2.05, 4.69) is 31.2 Å². The van der Waals surface area contributed by atoms with Crippen molar-refractivity contribution in [1.29, 1.82) is 5.26 Å². The zero-order valence-corrected chi connectivity index (χ0v) is 12.1. The Labute approximate surface area is 114 Å². The van der Waals surface area contributed by atoms with Crippen molar-refractivity contribution in [3.63, 3.8) is 0 Å². The van der Waals surface area contributed by atoms with Crippen LogP contribution in [0.15, 0.2) is 18.2 Å². The Morgan fingerprint density at radius 2 is 2.22 bits per heavy atom. The maximum atomic E-state index is 8.78. The summed E-state index contributed by atoms with van der Waals surface area (Å²) in [5.74, 6) is 1.16. The van der Waals surface area contributed by atoms with Gasteiger partial charge >= 0.3 is 0 Å². The molecule has 0 saturated heterocycles. The number of nitrogen functional groups attached to an aromatic ring is 1. The zero-order chi connectivity index (χ0) is 13.5. The van der Waals surface area contributed by atoms with Gasteiger partial charge in [-0.3, -0.25) is 0 Å². The Bertz CT molecular complexity index is 426. The Kier molecular flexibility index (Phi) is 5.87. The lowest BCUT2D eigenvalue weighted by Gasteiger charge is -2.27. The van der Waals surface area contributed by atoms with Gasteiger partial charge in [-0.25, -0.2) is 0 Å². The molecule has 1 atom stereocenters. The number of nitrogens with zero attached hydrogens (tertiary/aromatic N) is 2. The van der Waals surface area contributed by atoms with Crippen molar-refractivity contribution in [2.24, 2.45) is 0 Å². The van der Waals surface area contributed by atoms with Crippen LogP contribution in [0.3, 0.4) is 0 Å². The van der Waals surface area contributed by atoms with Crippen LogP contribution in [0.5, 0.6) is 0 Å². The van der Waals surface area contributed by atoms with Crippen LogP contribution in [-0.2, 0) is 6.42 Å². The van der Waals surface area contributed by atoms with E-state index in [4.69, 9.17) is 11.0 Å². The third-order valence-corrected chi connectivity index (χ3v) is 3.85. The minimum Gasteiger partial charge on any atom is -0.398 e. The van der Waals surface area contributed by atoms with E-state index in [-0.39, 0.29) is 0 Å². The highest BCUT2D eigenvalue weighted by Gasteiger charge is 2.11. The molecule has 3 nitrogen and oxygen atoms in total. The first-order valence-corrected chi connectivity index (χ1v) is 7.46. The summed E-state index contributed by atoms with van der Waals surface area (Å²) >= 11 is 1.87. The predicted molar refractivity (Wildman–Crippen MR) is 81.0 cm³/mol. The van der Waals surface area contributed by atoms with Crippen molar-refractivity contribution in [2.45, 2.75) is 25.8 Å². The Hall–Kier alpha value is -1.34. The van der Waals surface area contributed by atoms with Crippen LogP contribution in [0.2, 0.25) is 0 Å². The minimum atomic E-state index is 0.368. The highest BCUT2D eigenvalue weighted by molar-refractivity contribution is 7.98. The van der Waals surface area contributed by atoms with Gasteiger partial charge in [-0.1, -0.05) is 0 Å². The molecule has 1 aromatic carbocycles. The van der Waals surface area contributed by atoms with E-state index in [0.29, 0.717) is 18.2 Å². The molecule has 0 aromatic heterocycles. The molecule has 2 N–H and O–H groups in total. The lowest BCUT2D eigenvalue weighted by molar-refractivity contribution is 0.669. The monoisotopic (exact) mass is 263 g/mol.